The molecule has 2 N–H and O–H groups in total. The maximum atomic E-state index is 10.9. The Balaban J connectivity index is 2.64. The summed E-state index contributed by atoms with van der Waals surface area (Å²) in [6.45, 7) is 0.422. The van der Waals surface area contributed by atoms with Crippen LogP contribution in [0.3, 0.4) is 0 Å². The molecule has 4 nitrogen and oxygen atoms in total. The predicted molar refractivity (Wildman–Crippen MR) is 61.7 cm³/mol. The molecule has 5 heteroatoms. The summed E-state index contributed by atoms with van der Waals surface area (Å²) in [6.07, 6.45) is 0.761. The minimum atomic E-state index is -0.442. The number of esters is 1. The van der Waals surface area contributed by atoms with Crippen molar-refractivity contribution in [1.82, 2.24) is 0 Å². The Labute approximate surface area is 99.3 Å². The molecule has 0 fully saturated rings. The van der Waals surface area contributed by atoms with E-state index in [4.69, 9.17) is 22.1 Å². The van der Waals surface area contributed by atoms with E-state index in [1.807, 2.05) is 6.07 Å². The third-order valence-corrected chi connectivity index (χ3v) is 2.30. The van der Waals surface area contributed by atoms with E-state index in [1.54, 1.807) is 12.1 Å². The van der Waals surface area contributed by atoms with E-state index in [-0.39, 0.29) is 6.61 Å². The molecule has 0 heterocycles. The average molecular weight is 244 g/mol. The highest BCUT2D eigenvalue weighted by Crippen LogP contribution is 2.25. The van der Waals surface area contributed by atoms with Gasteiger partial charge in [-0.15, -0.1) is 0 Å². The van der Waals surface area contributed by atoms with Crippen LogP contribution in [-0.2, 0) is 16.0 Å². The van der Waals surface area contributed by atoms with Gasteiger partial charge in [-0.3, -0.25) is 0 Å². The first-order valence-electron chi connectivity index (χ1n) is 4.85. The van der Waals surface area contributed by atoms with Crippen LogP contribution in [0.5, 0.6) is 5.75 Å². The number of nitrogens with two attached hydrogens (primary N) is 1. The second-order valence-corrected chi connectivity index (χ2v) is 3.58. The van der Waals surface area contributed by atoms with Crippen LogP contribution in [0.2, 0.25) is 5.02 Å². The molecule has 0 atom stereocenters. The second kappa shape index (κ2) is 6.35. The topological polar surface area (TPSA) is 61.5 Å². The number of hydrogen-bond acceptors (Lipinski definition) is 4. The molecule has 0 spiro atoms. The van der Waals surface area contributed by atoms with E-state index in [2.05, 4.69) is 4.74 Å². The third kappa shape index (κ3) is 3.72. The van der Waals surface area contributed by atoms with E-state index >= 15 is 0 Å². The van der Waals surface area contributed by atoms with Crippen molar-refractivity contribution in [3.8, 4) is 5.75 Å². The molecule has 0 saturated carbocycles. The number of carbonyl (C=O) groups is 1. The summed E-state index contributed by atoms with van der Waals surface area (Å²) in [6, 6.07) is 5.36. The molecule has 1 rings (SSSR count). The van der Waals surface area contributed by atoms with Gasteiger partial charge in [0, 0.05) is 0 Å². The van der Waals surface area contributed by atoms with E-state index in [9.17, 15) is 4.79 Å². The lowest BCUT2D eigenvalue weighted by Gasteiger charge is -2.08. The first kappa shape index (κ1) is 12.8. The summed E-state index contributed by atoms with van der Waals surface area (Å²) in [5.41, 5.74) is 6.47. The molecule has 0 aliphatic rings. The summed E-state index contributed by atoms with van der Waals surface area (Å²) in [4.78, 5) is 10.9. The zero-order valence-electron chi connectivity index (χ0n) is 9.03. The van der Waals surface area contributed by atoms with Gasteiger partial charge in [0.05, 0.1) is 12.1 Å². The number of ether oxygens (including phenoxy) is 2. The molecule has 0 aliphatic heterocycles. The van der Waals surface area contributed by atoms with E-state index in [1.165, 1.54) is 7.11 Å². The molecule has 0 unspecified atom stereocenters. The highest BCUT2D eigenvalue weighted by molar-refractivity contribution is 6.32. The zero-order valence-corrected chi connectivity index (χ0v) is 9.79. The smallest absolute Gasteiger partial charge is 0.343 e. The van der Waals surface area contributed by atoms with Gasteiger partial charge in [0.1, 0.15) is 5.75 Å². The van der Waals surface area contributed by atoms with Crippen molar-refractivity contribution in [3.05, 3.63) is 28.8 Å². The molecule has 0 radical (unpaired) electrons. The summed E-state index contributed by atoms with van der Waals surface area (Å²) < 4.78 is 9.64. The summed E-state index contributed by atoms with van der Waals surface area (Å²) in [5.74, 6) is 0.0231. The number of halogens is 1. The lowest BCUT2D eigenvalue weighted by atomic mass is 10.1. The van der Waals surface area contributed by atoms with Crippen molar-refractivity contribution in [2.45, 2.75) is 6.42 Å². The van der Waals surface area contributed by atoms with Gasteiger partial charge in [-0.2, -0.15) is 0 Å². The lowest BCUT2D eigenvalue weighted by molar-refractivity contribution is -0.142. The Morgan fingerprint density at radius 3 is 2.81 bits per heavy atom. The Morgan fingerprint density at radius 1 is 1.50 bits per heavy atom. The Bertz CT molecular complexity index is 368. The summed E-state index contributed by atoms with van der Waals surface area (Å²) >= 11 is 5.97. The Morgan fingerprint density at radius 2 is 2.25 bits per heavy atom. The van der Waals surface area contributed by atoms with Crippen molar-refractivity contribution in [2.75, 3.05) is 20.3 Å². The quantitative estimate of drug-likeness (QED) is 0.794. The highest BCUT2D eigenvalue weighted by atomic mass is 35.5. The van der Waals surface area contributed by atoms with Crippen LogP contribution in [-0.4, -0.2) is 26.2 Å². The van der Waals surface area contributed by atoms with Crippen molar-refractivity contribution in [1.29, 1.82) is 0 Å². The molecule has 0 aliphatic carbocycles. The zero-order chi connectivity index (χ0) is 12.0. The first-order valence-corrected chi connectivity index (χ1v) is 5.23. The summed E-state index contributed by atoms with van der Waals surface area (Å²) in [5, 5.41) is 0.467. The van der Waals surface area contributed by atoms with Crippen LogP contribution < -0.4 is 10.5 Å². The van der Waals surface area contributed by atoms with Crippen molar-refractivity contribution in [2.24, 2.45) is 5.73 Å². The van der Waals surface area contributed by atoms with Gasteiger partial charge in [0.25, 0.3) is 0 Å². The fraction of sp³-hybridized carbons (Fsp3) is 0.364. The molecule has 1 aromatic carbocycles. The standard InChI is InChI=1S/C11H14ClNO3/c1-15-11(14)7-16-10-3-2-8(4-5-13)6-9(10)12/h2-3,6H,4-5,7,13H2,1H3. The SMILES string of the molecule is COC(=O)COc1ccc(CCN)cc1Cl. The third-order valence-electron chi connectivity index (χ3n) is 2.00. The molecule has 16 heavy (non-hydrogen) atoms. The van der Waals surface area contributed by atoms with E-state index in [0.29, 0.717) is 17.3 Å². The number of hydrogen-bond donors (Lipinski definition) is 1. The van der Waals surface area contributed by atoms with Gasteiger partial charge >= 0.3 is 5.97 Å². The maximum Gasteiger partial charge on any atom is 0.343 e. The number of rotatable bonds is 5. The number of methoxy groups -OCH3 is 1. The Hall–Kier alpha value is -1.26. The molecule has 88 valence electrons. The molecule has 0 saturated heterocycles. The average Bonchev–Trinajstić information content (AvgIpc) is 2.28. The maximum absolute atomic E-state index is 10.9. The highest BCUT2D eigenvalue weighted by Gasteiger charge is 2.06. The monoisotopic (exact) mass is 243 g/mol. The van der Waals surface area contributed by atoms with Gasteiger partial charge in [0.15, 0.2) is 6.61 Å². The van der Waals surface area contributed by atoms with E-state index < -0.39 is 5.97 Å². The van der Waals surface area contributed by atoms with Crippen molar-refractivity contribution >= 4 is 17.6 Å². The van der Waals surface area contributed by atoms with Gasteiger partial charge in [-0.1, -0.05) is 17.7 Å². The minimum Gasteiger partial charge on any atom is -0.480 e. The summed E-state index contributed by atoms with van der Waals surface area (Å²) in [7, 11) is 1.30. The van der Waals surface area contributed by atoms with Crippen LogP contribution in [0.15, 0.2) is 18.2 Å². The molecule has 0 amide bonds. The van der Waals surface area contributed by atoms with Gasteiger partial charge < -0.3 is 15.2 Å². The molecule has 0 bridgehead atoms. The fourth-order valence-electron chi connectivity index (χ4n) is 1.18. The minimum absolute atomic E-state index is 0.146. The lowest BCUT2D eigenvalue weighted by Crippen LogP contribution is -2.12. The van der Waals surface area contributed by atoms with Crippen LogP contribution >= 0.6 is 11.6 Å². The van der Waals surface area contributed by atoms with Gasteiger partial charge in [-0.25, -0.2) is 4.79 Å². The second-order valence-electron chi connectivity index (χ2n) is 3.17. The molecule has 0 aromatic heterocycles. The van der Waals surface area contributed by atoms with E-state index in [0.717, 1.165) is 12.0 Å². The number of carbonyl (C=O) groups excluding carboxylic acids is 1. The van der Waals surface area contributed by atoms with Crippen molar-refractivity contribution in [3.63, 3.8) is 0 Å². The largest absolute Gasteiger partial charge is 0.480 e. The molecular formula is C11H14ClNO3. The molecular weight excluding hydrogens is 230 g/mol. The van der Waals surface area contributed by atoms with Gasteiger partial charge in [0.2, 0.25) is 0 Å². The van der Waals surface area contributed by atoms with Crippen molar-refractivity contribution < 1.29 is 14.3 Å². The Kier molecular flexibility index (Phi) is 5.08. The van der Waals surface area contributed by atoms with Crippen LogP contribution in [0.25, 0.3) is 0 Å². The van der Waals surface area contributed by atoms with Crippen LogP contribution in [0, 0.1) is 0 Å². The fourth-order valence-corrected chi connectivity index (χ4v) is 1.44. The van der Waals surface area contributed by atoms with Crippen LogP contribution in [0.1, 0.15) is 5.56 Å². The predicted octanol–water partition coefficient (Wildman–Crippen LogP) is 1.39. The normalized spacial score (nSPS) is 9.94. The van der Waals surface area contributed by atoms with Gasteiger partial charge in [-0.05, 0) is 30.7 Å². The van der Waals surface area contributed by atoms with Crippen LogP contribution in [0.4, 0.5) is 0 Å². The first-order chi connectivity index (χ1) is 7.67. The molecule has 1 aromatic rings. The number of benzene rings is 1.